The van der Waals surface area contributed by atoms with E-state index in [1.807, 2.05) is 11.9 Å². The lowest BCUT2D eigenvalue weighted by molar-refractivity contribution is 0.270. The smallest absolute Gasteiger partial charge is 0.193 e. The number of nitrogens with one attached hydrogen (secondary N) is 1. The summed E-state index contributed by atoms with van der Waals surface area (Å²) in [6.45, 7) is 4.83. The number of nitrogens with zero attached hydrogens (tertiary/aromatic N) is 2. The van der Waals surface area contributed by atoms with Gasteiger partial charge in [-0.15, -0.1) is 24.0 Å². The van der Waals surface area contributed by atoms with Gasteiger partial charge in [0.05, 0.1) is 6.54 Å². The van der Waals surface area contributed by atoms with Crippen LogP contribution < -0.4 is 10.1 Å². The number of halogens is 2. The number of likely N-dealkylation sites (N-methyl/N-ethyl adjacent to an activating group) is 1. The van der Waals surface area contributed by atoms with Gasteiger partial charge in [-0.05, 0) is 31.4 Å². The highest BCUT2D eigenvalue weighted by Gasteiger charge is 2.20. The summed E-state index contributed by atoms with van der Waals surface area (Å²) in [4.78, 5) is 6.66. The quantitative estimate of drug-likeness (QED) is 0.386. The van der Waals surface area contributed by atoms with Gasteiger partial charge >= 0.3 is 0 Å². The lowest BCUT2D eigenvalue weighted by atomic mass is 10.3. The van der Waals surface area contributed by atoms with E-state index in [1.165, 1.54) is 25.3 Å². The second-order valence-electron chi connectivity index (χ2n) is 5.67. The van der Waals surface area contributed by atoms with E-state index in [4.69, 9.17) is 4.74 Å². The maximum absolute atomic E-state index is 13.5. The summed E-state index contributed by atoms with van der Waals surface area (Å²) < 4.78 is 19.0. The van der Waals surface area contributed by atoms with Crippen LogP contribution in [0.2, 0.25) is 0 Å². The highest BCUT2D eigenvalue weighted by atomic mass is 127. The van der Waals surface area contributed by atoms with E-state index in [9.17, 15) is 4.39 Å². The maximum Gasteiger partial charge on any atom is 0.193 e. The SMILES string of the molecule is CCNC(=NCCC1CC1)N(C)CCOc1ccccc1F.I. The third-order valence-electron chi connectivity index (χ3n) is 3.71. The number of ether oxygens (including phenoxy) is 1. The molecule has 1 N–H and O–H groups in total. The summed E-state index contributed by atoms with van der Waals surface area (Å²) in [6, 6.07) is 6.47. The van der Waals surface area contributed by atoms with Crippen LogP contribution in [0.3, 0.4) is 0 Å². The third kappa shape index (κ3) is 7.37. The molecule has 23 heavy (non-hydrogen) atoms. The fourth-order valence-electron chi connectivity index (χ4n) is 2.19. The van der Waals surface area contributed by atoms with E-state index in [-0.39, 0.29) is 29.8 Å². The van der Waals surface area contributed by atoms with Crippen molar-refractivity contribution in [3.63, 3.8) is 0 Å². The van der Waals surface area contributed by atoms with E-state index < -0.39 is 0 Å². The molecule has 0 bridgehead atoms. The van der Waals surface area contributed by atoms with Gasteiger partial charge < -0.3 is 15.0 Å². The largest absolute Gasteiger partial charge is 0.489 e. The Bertz CT molecular complexity index is 494. The van der Waals surface area contributed by atoms with E-state index in [0.717, 1.165) is 25.0 Å². The Morgan fingerprint density at radius 3 is 2.78 bits per heavy atom. The number of guanidine groups is 1. The van der Waals surface area contributed by atoms with Crippen LogP contribution in [0.15, 0.2) is 29.3 Å². The zero-order valence-electron chi connectivity index (χ0n) is 13.9. The molecule has 1 aromatic rings. The van der Waals surface area contributed by atoms with Crippen LogP contribution in [0.1, 0.15) is 26.2 Å². The molecule has 0 heterocycles. The van der Waals surface area contributed by atoms with Crippen LogP contribution >= 0.6 is 24.0 Å². The minimum absolute atomic E-state index is 0. The molecule has 0 atom stereocenters. The number of rotatable bonds is 8. The Kier molecular flexibility index (Phi) is 9.28. The maximum atomic E-state index is 13.5. The Hall–Kier alpha value is -1.05. The predicted molar refractivity (Wildman–Crippen MR) is 103 cm³/mol. The molecule has 0 spiro atoms. The molecule has 4 nitrogen and oxygen atoms in total. The van der Waals surface area contributed by atoms with Gasteiger partial charge in [-0.2, -0.15) is 0 Å². The molecule has 0 aliphatic heterocycles. The van der Waals surface area contributed by atoms with Crippen LogP contribution in [0.25, 0.3) is 0 Å². The van der Waals surface area contributed by atoms with Crippen molar-refractivity contribution in [1.29, 1.82) is 0 Å². The minimum atomic E-state index is -0.324. The van der Waals surface area contributed by atoms with E-state index in [0.29, 0.717) is 18.9 Å². The van der Waals surface area contributed by atoms with Crippen molar-refractivity contribution in [1.82, 2.24) is 10.2 Å². The van der Waals surface area contributed by atoms with Gasteiger partial charge in [0.15, 0.2) is 17.5 Å². The molecule has 0 aromatic heterocycles. The molecule has 1 saturated carbocycles. The Morgan fingerprint density at radius 2 is 2.13 bits per heavy atom. The van der Waals surface area contributed by atoms with Crippen LogP contribution in [0.4, 0.5) is 4.39 Å². The van der Waals surface area contributed by atoms with E-state index in [2.05, 4.69) is 17.2 Å². The molecule has 2 rings (SSSR count). The summed E-state index contributed by atoms with van der Waals surface area (Å²) in [7, 11) is 1.98. The minimum Gasteiger partial charge on any atom is -0.489 e. The second kappa shape index (κ2) is 10.7. The van der Waals surface area contributed by atoms with Crippen molar-refractivity contribution < 1.29 is 9.13 Å². The molecule has 1 aromatic carbocycles. The average molecular weight is 435 g/mol. The monoisotopic (exact) mass is 435 g/mol. The molecule has 1 aliphatic carbocycles. The fourth-order valence-corrected chi connectivity index (χ4v) is 2.19. The zero-order chi connectivity index (χ0) is 15.8. The van der Waals surface area contributed by atoms with Gasteiger partial charge in [0, 0.05) is 20.1 Å². The number of para-hydroxylation sites is 1. The first-order valence-corrected chi connectivity index (χ1v) is 8.07. The molecule has 0 amide bonds. The van der Waals surface area contributed by atoms with Crippen molar-refractivity contribution in [2.45, 2.75) is 26.2 Å². The first-order valence-electron chi connectivity index (χ1n) is 8.07. The Balaban J connectivity index is 0.00000264. The van der Waals surface area contributed by atoms with Crippen molar-refractivity contribution in [2.24, 2.45) is 10.9 Å². The van der Waals surface area contributed by atoms with Gasteiger partial charge in [0.1, 0.15) is 6.61 Å². The fraction of sp³-hybridized carbons (Fsp3) is 0.588. The number of aliphatic imine (C=N–C) groups is 1. The molecule has 1 aliphatic rings. The van der Waals surface area contributed by atoms with Gasteiger partial charge in [0.2, 0.25) is 0 Å². The molecule has 1 fully saturated rings. The molecule has 0 radical (unpaired) electrons. The number of benzene rings is 1. The van der Waals surface area contributed by atoms with Crippen molar-refractivity contribution >= 4 is 29.9 Å². The predicted octanol–water partition coefficient (Wildman–Crippen LogP) is 3.52. The zero-order valence-corrected chi connectivity index (χ0v) is 16.3. The summed E-state index contributed by atoms with van der Waals surface area (Å²) in [5.41, 5.74) is 0. The Morgan fingerprint density at radius 1 is 1.39 bits per heavy atom. The van der Waals surface area contributed by atoms with Gasteiger partial charge in [-0.1, -0.05) is 25.0 Å². The normalized spacial score (nSPS) is 14.1. The van der Waals surface area contributed by atoms with Crippen molar-refractivity contribution in [2.75, 3.05) is 33.3 Å². The standard InChI is InChI=1S/C17H26FN3O.HI/c1-3-19-17(20-11-10-14-8-9-14)21(2)12-13-22-16-7-5-4-6-15(16)18;/h4-7,14H,3,8-13H2,1-2H3,(H,19,20);1H. The first kappa shape index (κ1) is 20.0. The first-order chi connectivity index (χ1) is 10.7. The lowest BCUT2D eigenvalue weighted by Gasteiger charge is -2.22. The molecule has 0 saturated heterocycles. The van der Waals surface area contributed by atoms with E-state index >= 15 is 0 Å². The summed E-state index contributed by atoms with van der Waals surface area (Å²) in [6.07, 6.45) is 3.89. The van der Waals surface area contributed by atoms with Crippen LogP contribution in [0.5, 0.6) is 5.75 Å². The number of hydrogen-bond acceptors (Lipinski definition) is 2. The van der Waals surface area contributed by atoms with Crippen LogP contribution in [-0.2, 0) is 0 Å². The molecule has 130 valence electrons. The third-order valence-corrected chi connectivity index (χ3v) is 3.71. The second-order valence-corrected chi connectivity index (χ2v) is 5.67. The molecular formula is C17H27FIN3O. The number of hydrogen-bond donors (Lipinski definition) is 1. The molecule has 6 heteroatoms. The van der Waals surface area contributed by atoms with Gasteiger partial charge in [-0.3, -0.25) is 4.99 Å². The highest BCUT2D eigenvalue weighted by molar-refractivity contribution is 14.0. The van der Waals surface area contributed by atoms with Gasteiger partial charge in [-0.25, -0.2) is 4.39 Å². The molecular weight excluding hydrogens is 408 g/mol. The van der Waals surface area contributed by atoms with Crippen molar-refractivity contribution in [3.05, 3.63) is 30.1 Å². The van der Waals surface area contributed by atoms with Gasteiger partial charge in [0.25, 0.3) is 0 Å². The summed E-state index contributed by atoms with van der Waals surface area (Å²) in [5, 5.41) is 3.28. The van der Waals surface area contributed by atoms with Crippen LogP contribution in [0, 0.1) is 11.7 Å². The van der Waals surface area contributed by atoms with Crippen LogP contribution in [-0.4, -0.2) is 44.1 Å². The Labute approximate surface area is 155 Å². The summed E-state index contributed by atoms with van der Waals surface area (Å²) in [5.74, 6) is 1.75. The summed E-state index contributed by atoms with van der Waals surface area (Å²) >= 11 is 0. The van der Waals surface area contributed by atoms with Crippen molar-refractivity contribution in [3.8, 4) is 5.75 Å². The topological polar surface area (TPSA) is 36.9 Å². The molecule has 0 unspecified atom stereocenters. The lowest BCUT2D eigenvalue weighted by Crippen LogP contribution is -2.41. The highest BCUT2D eigenvalue weighted by Crippen LogP contribution is 2.32. The van der Waals surface area contributed by atoms with E-state index in [1.54, 1.807) is 18.2 Å². The average Bonchev–Trinajstić information content (AvgIpc) is 3.32.